The topological polar surface area (TPSA) is 96.7 Å². The first-order valence-electron chi connectivity index (χ1n) is 10.4. The van der Waals surface area contributed by atoms with Gasteiger partial charge in [0.2, 0.25) is 5.91 Å². The molecule has 2 N–H and O–H groups in total. The van der Waals surface area contributed by atoms with Gasteiger partial charge in [0.05, 0.1) is 25.8 Å². The smallest absolute Gasteiger partial charge is 0.251 e. The molecule has 1 atom stereocenters. The number of hydrogen-bond donors (Lipinski definition) is 2. The van der Waals surface area contributed by atoms with Crippen molar-refractivity contribution in [2.75, 3.05) is 19.0 Å². The van der Waals surface area contributed by atoms with Crippen LogP contribution in [0.25, 0.3) is 0 Å². The van der Waals surface area contributed by atoms with Crippen molar-refractivity contribution in [3.8, 4) is 0 Å². The number of nitrogens with one attached hydrogen (secondary N) is 1. The normalized spacial score (nSPS) is 19.2. The highest BCUT2D eigenvalue weighted by atomic mass is 16.5. The number of carbonyl (C=O) groups excluding carboxylic acids is 2. The zero-order valence-electron chi connectivity index (χ0n) is 17.6. The lowest BCUT2D eigenvalue weighted by Crippen LogP contribution is -2.46. The Kier molecular flexibility index (Phi) is 6.62. The summed E-state index contributed by atoms with van der Waals surface area (Å²) in [6.45, 7) is 4.03. The van der Waals surface area contributed by atoms with Crippen LogP contribution >= 0.6 is 0 Å². The number of nitrogens with zero attached hydrogens (tertiary/aromatic N) is 3. The van der Waals surface area contributed by atoms with Gasteiger partial charge in [0.15, 0.2) is 5.82 Å². The van der Waals surface area contributed by atoms with E-state index in [1.165, 1.54) is 32.4 Å². The molecule has 1 fully saturated rings. The summed E-state index contributed by atoms with van der Waals surface area (Å²) in [6, 6.07) is 1.14. The minimum absolute atomic E-state index is 0.189. The summed E-state index contributed by atoms with van der Waals surface area (Å²) in [7, 11) is 1.54. The number of methoxy groups -OCH3 is 1. The van der Waals surface area contributed by atoms with Crippen molar-refractivity contribution >= 4 is 17.6 Å². The van der Waals surface area contributed by atoms with Crippen LogP contribution in [0.2, 0.25) is 0 Å². The van der Waals surface area contributed by atoms with E-state index in [0.29, 0.717) is 37.0 Å². The Hall–Kier alpha value is -2.35. The summed E-state index contributed by atoms with van der Waals surface area (Å²) in [5.41, 5.74) is -0.902. The molecule has 29 heavy (non-hydrogen) atoms. The van der Waals surface area contributed by atoms with Crippen molar-refractivity contribution < 1.29 is 19.4 Å². The van der Waals surface area contributed by atoms with E-state index in [4.69, 9.17) is 4.74 Å². The molecule has 0 saturated heterocycles. The van der Waals surface area contributed by atoms with Crippen LogP contribution in [0.3, 0.4) is 0 Å². The van der Waals surface area contributed by atoms with E-state index in [1.807, 2.05) is 0 Å². The van der Waals surface area contributed by atoms with Crippen LogP contribution in [0.1, 0.15) is 52.4 Å². The molecule has 2 amide bonds. The Morgan fingerprint density at radius 3 is 2.72 bits per heavy atom. The largest absolute Gasteiger partial charge is 0.499 e. The molecule has 1 unspecified atom stereocenters. The first-order chi connectivity index (χ1) is 13.7. The van der Waals surface area contributed by atoms with Crippen molar-refractivity contribution in [2.24, 2.45) is 5.92 Å². The van der Waals surface area contributed by atoms with E-state index in [2.05, 4.69) is 10.4 Å². The molecule has 1 aromatic rings. The molecule has 2 heterocycles. The second-order valence-electron chi connectivity index (χ2n) is 8.74. The van der Waals surface area contributed by atoms with Crippen molar-refractivity contribution in [1.29, 1.82) is 0 Å². The molecule has 8 heteroatoms. The van der Waals surface area contributed by atoms with Crippen molar-refractivity contribution in [3.63, 3.8) is 0 Å². The van der Waals surface area contributed by atoms with Crippen LogP contribution in [0.5, 0.6) is 0 Å². The van der Waals surface area contributed by atoms with E-state index in [9.17, 15) is 14.7 Å². The monoisotopic (exact) mass is 404 g/mol. The fourth-order valence-corrected chi connectivity index (χ4v) is 4.14. The van der Waals surface area contributed by atoms with Crippen molar-refractivity contribution in [3.05, 3.63) is 24.1 Å². The average molecular weight is 405 g/mol. The second kappa shape index (κ2) is 8.98. The number of carbonyl (C=O) groups is 2. The van der Waals surface area contributed by atoms with Crippen molar-refractivity contribution in [1.82, 2.24) is 14.7 Å². The molecular formula is C21H32N4O4. The molecule has 0 spiro atoms. The minimum atomic E-state index is -0.902. The molecule has 1 aliphatic heterocycles. The molecule has 1 saturated carbocycles. The molecule has 2 aliphatic rings. The summed E-state index contributed by atoms with van der Waals surface area (Å²) >= 11 is 0. The summed E-state index contributed by atoms with van der Waals surface area (Å²) in [6.07, 6.45) is 9.60. The molecule has 0 bridgehead atoms. The minimum Gasteiger partial charge on any atom is -0.499 e. The maximum absolute atomic E-state index is 13.1. The van der Waals surface area contributed by atoms with Gasteiger partial charge in [-0.25, -0.2) is 0 Å². The quantitative estimate of drug-likeness (QED) is 0.693. The van der Waals surface area contributed by atoms with Gasteiger partial charge in [0.1, 0.15) is 11.8 Å². The highest BCUT2D eigenvalue weighted by Crippen LogP contribution is 2.30. The van der Waals surface area contributed by atoms with E-state index in [0.717, 1.165) is 12.8 Å². The van der Waals surface area contributed by atoms with Crippen LogP contribution in [0.4, 0.5) is 5.82 Å². The zero-order valence-corrected chi connectivity index (χ0v) is 17.6. The number of anilines is 1. The van der Waals surface area contributed by atoms with E-state index in [1.54, 1.807) is 35.7 Å². The summed E-state index contributed by atoms with van der Waals surface area (Å²) in [5.74, 6) is 1.01. The van der Waals surface area contributed by atoms with Gasteiger partial charge in [-0.05, 0) is 26.2 Å². The highest BCUT2D eigenvalue weighted by Gasteiger charge is 2.36. The average Bonchev–Trinajstić information content (AvgIpc) is 3.25. The van der Waals surface area contributed by atoms with Crippen LogP contribution in [0.15, 0.2) is 24.1 Å². The van der Waals surface area contributed by atoms with Gasteiger partial charge in [-0.3, -0.25) is 14.3 Å². The SMILES string of the molecule is COC1=CC(=O)N(C(CC2CCCCC2)C(=O)Nc2ccn(CC(C)(C)O)n2)C1. The number of aromatic nitrogens is 2. The summed E-state index contributed by atoms with van der Waals surface area (Å²) < 4.78 is 6.82. The first kappa shape index (κ1) is 21.4. The third kappa shape index (κ3) is 5.82. The molecule has 1 aromatic heterocycles. The number of hydrogen-bond acceptors (Lipinski definition) is 5. The van der Waals surface area contributed by atoms with E-state index < -0.39 is 11.6 Å². The molecule has 1 aliphatic carbocycles. The van der Waals surface area contributed by atoms with Gasteiger partial charge in [-0.1, -0.05) is 32.1 Å². The van der Waals surface area contributed by atoms with Crippen molar-refractivity contribution in [2.45, 2.75) is 70.6 Å². The van der Waals surface area contributed by atoms with Gasteiger partial charge >= 0.3 is 0 Å². The lowest BCUT2D eigenvalue weighted by Gasteiger charge is -2.31. The van der Waals surface area contributed by atoms with Crippen LogP contribution in [-0.2, 0) is 20.9 Å². The maximum Gasteiger partial charge on any atom is 0.251 e. The Morgan fingerprint density at radius 2 is 2.10 bits per heavy atom. The second-order valence-corrected chi connectivity index (χ2v) is 8.74. The Labute approximate surface area is 171 Å². The standard InChI is InChI=1S/C21H32N4O4/c1-21(2,28)14-24-10-9-18(23-24)22-20(27)17(11-15-7-5-4-6-8-15)25-13-16(29-3)12-19(25)26/h9-10,12,15,17,28H,4-8,11,13-14H2,1-3H3,(H,22,23,27). The zero-order chi connectivity index (χ0) is 21.0. The van der Waals surface area contributed by atoms with Gasteiger partial charge in [-0.2, -0.15) is 5.10 Å². The van der Waals surface area contributed by atoms with Crippen LogP contribution < -0.4 is 5.32 Å². The highest BCUT2D eigenvalue weighted by molar-refractivity contribution is 5.99. The number of ether oxygens (including phenoxy) is 1. The van der Waals surface area contributed by atoms with Gasteiger partial charge in [0, 0.05) is 18.3 Å². The summed E-state index contributed by atoms with van der Waals surface area (Å²) in [4.78, 5) is 27.2. The van der Waals surface area contributed by atoms with E-state index >= 15 is 0 Å². The third-order valence-corrected chi connectivity index (χ3v) is 5.56. The predicted octanol–water partition coefficient (Wildman–Crippen LogP) is 2.30. The lowest BCUT2D eigenvalue weighted by atomic mass is 9.84. The molecular weight excluding hydrogens is 372 g/mol. The molecule has 0 aromatic carbocycles. The van der Waals surface area contributed by atoms with Gasteiger partial charge < -0.3 is 20.1 Å². The van der Waals surface area contributed by atoms with Gasteiger partial charge in [-0.15, -0.1) is 0 Å². The molecule has 160 valence electrons. The number of amides is 2. The Balaban J connectivity index is 1.71. The van der Waals surface area contributed by atoms with Crippen LogP contribution in [-0.4, -0.2) is 56.9 Å². The Bertz CT molecular complexity index is 759. The molecule has 8 nitrogen and oxygen atoms in total. The Morgan fingerprint density at radius 1 is 1.38 bits per heavy atom. The number of rotatable bonds is 8. The van der Waals surface area contributed by atoms with E-state index in [-0.39, 0.29) is 11.8 Å². The molecule has 3 rings (SSSR count). The first-order valence-corrected chi connectivity index (χ1v) is 10.4. The number of aliphatic hydroxyl groups is 1. The van der Waals surface area contributed by atoms with Gasteiger partial charge in [0.25, 0.3) is 5.91 Å². The fourth-order valence-electron chi connectivity index (χ4n) is 4.14. The molecule has 0 radical (unpaired) electrons. The maximum atomic E-state index is 13.1. The fraction of sp³-hybridized carbons (Fsp3) is 0.667. The lowest BCUT2D eigenvalue weighted by molar-refractivity contribution is -0.134. The summed E-state index contributed by atoms with van der Waals surface area (Å²) in [5, 5.41) is 17.1. The van der Waals surface area contributed by atoms with Crippen LogP contribution in [0, 0.1) is 5.92 Å². The third-order valence-electron chi connectivity index (χ3n) is 5.56. The predicted molar refractivity (Wildman–Crippen MR) is 109 cm³/mol.